The molecule has 1 heterocycles. The van der Waals surface area contributed by atoms with Crippen molar-refractivity contribution in [3.05, 3.63) is 29.8 Å². The van der Waals surface area contributed by atoms with E-state index in [4.69, 9.17) is 9.47 Å². The summed E-state index contributed by atoms with van der Waals surface area (Å²) >= 11 is 0. The summed E-state index contributed by atoms with van der Waals surface area (Å²) in [5.41, 5.74) is 1.32. The summed E-state index contributed by atoms with van der Waals surface area (Å²) in [5, 5.41) is 3.41. The molecule has 1 fully saturated rings. The van der Waals surface area contributed by atoms with Gasteiger partial charge in [0.2, 0.25) is 0 Å². The van der Waals surface area contributed by atoms with Gasteiger partial charge in [0.1, 0.15) is 5.75 Å². The van der Waals surface area contributed by atoms with Crippen molar-refractivity contribution < 1.29 is 9.47 Å². The Morgan fingerprint density at radius 3 is 3.06 bits per heavy atom. The van der Waals surface area contributed by atoms with Crippen molar-refractivity contribution in [3.63, 3.8) is 0 Å². The fourth-order valence-corrected chi connectivity index (χ4v) is 2.43. The Morgan fingerprint density at radius 2 is 2.41 bits per heavy atom. The van der Waals surface area contributed by atoms with Crippen molar-refractivity contribution >= 4 is 0 Å². The van der Waals surface area contributed by atoms with Crippen LogP contribution in [0.1, 0.15) is 12.0 Å². The molecule has 1 N–H and O–H groups in total. The van der Waals surface area contributed by atoms with Crippen LogP contribution in [0.3, 0.4) is 0 Å². The van der Waals surface area contributed by atoms with Crippen LogP contribution >= 0.6 is 0 Å². The van der Waals surface area contributed by atoms with E-state index in [2.05, 4.69) is 17.4 Å². The predicted octanol–water partition coefficient (Wildman–Crippen LogP) is 1.86. The van der Waals surface area contributed by atoms with E-state index < -0.39 is 0 Å². The molecule has 2 unspecified atom stereocenters. The third-order valence-corrected chi connectivity index (χ3v) is 3.49. The standard InChI is InChI=1S/C14H21NO2/c1-15-14(12-6-7-17-10-12)9-11-4-3-5-13(8-11)16-2/h3-5,8,12,14-15H,6-7,9-10H2,1-2H3. The van der Waals surface area contributed by atoms with Crippen molar-refractivity contribution in [3.8, 4) is 5.75 Å². The Labute approximate surface area is 103 Å². The van der Waals surface area contributed by atoms with Crippen LogP contribution < -0.4 is 10.1 Å². The first kappa shape index (κ1) is 12.4. The molecule has 1 saturated heterocycles. The second-order valence-electron chi connectivity index (χ2n) is 4.57. The normalized spacial score (nSPS) is 21.4. The molecule has 0 aliphatic carbocycles. The lowest BCUT2D eigenvalue weighted by Crippen LogP contribution is -2.35. The lowest BCUT2D eigenvalue weighted by molar-refractivity contribution is 0.177. The molecule has 0 spiro atoms. The van der Waals surface area contributed by atoms with Crippen LogP contribution in [0, 0.1) is 5.92 Å². The van der Waals surface area contributed by atoms with Crippen LogP contribution in [-0.2, 0) is 11.2 Å². The molecule has 1 aliphatic rings. The zero-order chi connectivity index (χ0) is 12.1. The molecule has 0 saturated carbocycles. The first-order valence-corrected chi connectivity index (χ1v) is 6.21. The number of nitrogens with one attached hydrogen (secondary N) is 1. The molecule has 2 rings (SSSR count). The number of rotatable bonds is 5. The molecular formula is C14H21NO2. The third kappa shape index (κ3) is 3.20. The summed E-state index contributed by atoms with van der Waals surface area (Å²) in [4.78, 5) is 0. The van der Waals surface area contributed by atoms with Gasteiger partial charge in [-0.15, -0.1) is 0 Å². The Morgan fingerprint density at radius 1 is 1.53 bits per heavy atom. The van der Waals surface area contributed by atoms with Gasteiger partial charge < -0.3 is 14.8 Å². The molecule has 3 heteroatoms. The molecule has 3 nitrogen and oxygen atoms in total. The maximum Gasteiger partial charge on any atom is 0.119 e. The maximum absolute atomic E-state index is 5.46. The van der Waals surface area contributed by atoms with Gasteiger partial charge >= 0.3 is 0 Å². The van der Waals surface area contributed by atoms with Crippen molar-refractivity contribution in [2.75, 3.05) is 27.4 Å². The monoisotopic (exact) mass is 235 g/mol. The number of benzene rings is 1. The molecule has 1 aliphatic heterocycles. The van der Waals surface area contributed by atoms with E-state index in [0.29, 0.717) is 12.0 Å². The summed E-state index contributed by atoms with van der Waals surface area (Å²) < 4.78 is 10.7. The second-order valence-corrected chi connectivity index (χ2v) is 4.57. The van der Waals surface area contributed by atoms with Crippen molar-refractivity contribution in [1.29, 1.82) is 0 Å². The summed E-state index contributed by atoms with van der Waals surface area (Å²) in [6.07, 6.45) is 2.19. The van der Waals surface area contributed by atoms with Gasteiger partial charge in [0.05, 0.1) is 13.7 Å². The van der Waals surface area contributed by atoms with Crippen LogP contribution in [0.15, 0.2) is 24.3 Å². The number of likely N-dealkylation sites (N-methyl/N-ethyl adjacent to an activating group) is 1. The van der Waals surface area contributed by atoms with Gasteiger partial charge in [0.15, 0.2) is 0 Å². The summed E-state index contributed by atoms with van der Waals surface area (Å²) in [6.45, 7) is 1.79. The Bertz CT molecular complexity index is 348. The van der Waals surface area contributed by atoms with Gasteiger partial charge in [-0.05, 0) is 37.6 Å². The van der Waals surface area contributed by atoms with Crippen LogP contribution in [0.4, 0.5) is 0 Å². The second kappa shape index (κ2) is 6.03. The fourth-order valence-electron chi connectivity index (χ4n) is 2.43. The highest BCUT2D eigenvalue weighted by molar-refractivity contribution is 5.29. The van der Waals surface area contributed by atoms with E-state index in [9.17, 15) is 0 Å². The van der Waals surface area contributed by atoms with Crippen LogP contribution in [-0.4, -0.2) is 33.4 Å². The Hall–Kier alpha value is -1.06. The molecule has 0 bridgehead atoms. The molecule has 1 aromatic rings. The van der Waals surface area contributed by atoms with Crippen LogP contribution in [0.2, 0.25) is 0 Å². The third-order valence-electron chi connectivity index (χ3n) is 3.49. The first-order chi connectivity index (χ1) is 8.33. The smallest absolute Gasteiger partial charge is 0.119 e. The molecule has 2 atom stereocenters. The average Bonchev–Trinajstić information content (AvgIpc) is 2.90. The highest BCUT2D eigenvalue weighted by Gasteiger charge is 2.24. The van der Waals surface area contributed by atoms with Crippen LogP contribution in [0.25, 0.3) is 0 Å². The number of hydrogen-bond acceptors (Lipinski definition) is 3. The SMILES string of the molecule is CNC(Cc1cccc(OC)c1)C1CCOC1. The Kier molecular flexibility index (Phi) is 4.40. The van der Waals surface area contributed by atoms with Crippen molar-refractivity contribution in [2.24, 2.45) is 5.92 Å². The minimum Gasteiger partial charge on any atom is -0.497 e. The molecule has 0 amide bonds. The lowest BCUT2D eigenvalue weighted by Gasteiger charge is -2.22. The zero-order valence-corrected chi connectivity index (χ0v) is 10.6. The van der Waals surface area contributed by atoms with E-state index in [1.807, 2.05) is 19.2 Å². The van der Waals surface area contributed by atoms with E-state index in [1.54, 1.807) is 7.11 Å². The van der Waals surface area contributed by atoms with E-state index >= 15 is 0 Å². The number of ether oxygens (including phenoxy) is 2. The van der Waals surface area contributed by atoms with Gasteiger partial charge in [0, 0.05) is 18.6 Å². The summed E-state index contributed by atoms with van der Waals surface area (Å²) in [5.74, 6) is 1.56. The van der Waals surface area contributed by atoms with E-state index in [-0.39, 0.29) is 0 Å². The quantitative estimate of drug-likeness (QED) is 0.845. The van der Waals surface area contributed by atoms with Gasteiger partial charge in [-0.25, -0.2) is 0 Å². The molecule has 94 valence electrons. The topological polar surface area (TPSA) is 30.5 Å². The van der Waals surface area contributed by atoms with Crippen molar-refractivity contribution in [2.45, 2.75) is 18.9 Å². The summed E-state index contributed by atoms with van der Waals surface area (Å²) in [7, 11) is 3.74. The van der Waals surface area contributed by atoms with Gasteiger partial charge in [0.25, 0.3) is 0 Å². The zero-order valence-electron chi connectivity index (χ0n) is 10.6. The van der Waals surface area contributed by atoms with Gasteiger partial charge in [-0.2, -0.15) is 0 Å². The maximum atomic E-state index is 5.46. The fraction of sp³-hybridized carbons (Fsp3) is 0.571. The van der Waals surface area contributed by atoms with E-state index in [1.165, 1.54) is 5.56 Å². The highest BCUT2D eigenvalue weighted by atomic mass is 16.5. The molecule has 0 radical (unpaired) electrons. The Balaban J connectivity index is 2.01. The minimum absolute atomic E-state index is 0.490. The average molecular weight is 235 g/mol. The van der Waals surface area contributed by atoms with E-state index in [0.717, 1.165) is 31.8 Å². The number of hydrogen-bond donors (Lipinski definition) is 1. The highest BCUT2D eigenvalue weighted by Crippen LogP contribution is 2.21. The predicted molar refractivity (Wildman–Crippen MR) is 68.5 cm³/mol. The lowest BCUT2D eigenvalue weighted by atomic mass is 9.93. The number of methoxy groups -OCH3 is 1. The van der Waals surface area contributed by atoms with Gasteiger partial charge in [-0.1, -0.05) is 12.1 Å². The largest absolute Gasteiger partial charge is 0.497 e. The summed E-state index contributed by atoms with van der Waals surface area (Å²) in [6, 6.07) is 8.79. The van der Waals surface area contributed by atoms with Gasteiger partial charge in [-0.3, -0.25) is 0 Å². The van der Waals surface area contributed by atoms with Crippen LogP contribution in [0.5, 0.6) is 5.75 Å². The molecule has 0 aromatic heterocycles. The molecular weight excluding hydrogens is 214 g/mol. The minimum atomic E-state index is 0.490. The van der Waals surface area contributed by atoms with Crippen molar-refractivity contribution in [1.82, 2.24) is 5.32 Å². The molecule has 17 heavy (non-hydrogen) atoms. The first-order valence-electron chi connectivity index (χ1n) is 6.21. The molecule has 1 aromatic carbocycles.